The molecule has 3 rings (SSSR count). The summed E-state index contributed by atoms with van der Waals surface area (Å²) in [5, 5.41) is 0. The van der Waals surface area contributed by atoms with Crippen LogP contribution in [0.5, 0.6) is 0 Å². The molecule has 0 unspecified atom stereocenters. The molecule has 17 heavy (non-hydrogen) atoms. The smallest absolute Gasteiger partial charge is 0.167 e. The van der Waals surface area contributed by atoms with Crippen molar-refractivity contribution in [2.45, 2.75) is 12.3 Å². The van der Waals surface area contributed by atoms with E-state index < -0.39 is 5.82 Å². The van der Waals surface area contributed by atoms with Gasteiger partial charge in [0.05, 0.1) is 5.56 Å². The lowest BCUT2D eigenvalue weighted by Gasteiger charge is -2.10. The van der Waals surface area contributed by atoms with Crippen LogP contribution in [0, 0.1) is 5.82 Å². The number of carbonyl (C=O) groups excluding carboxylic acids is 1. The molecule has 0 fully saturated rings. The maximum absolute atomic E-state index is 13.6. The summed E-state index contributed by atoms with van der Waals surface area (Å²) in [7, 11) is 0. The van der Waals surface area contributed by atoms with E-state index >= 15 is 0 Å². The topological polar surface area (TPSA) is 17.1 Å². The summed E-state index contributed by atoms with van der Waals surface area (Å²) in [5.74, 6) is -0.479. The molecule has 84 valence electrons. The van der Waals surface area contributed by atoms with Gasteiger partial charge in [-0.05, 0) is 17.2 Å². The Hall–Kier alpha value is -1.96. The van der Waals surface area contributed by atoms with Gasteiger partial charge >= 0.3 is 0 Å². The predicted molar refractivity (Wildman–Crippen MR) is 63.6 cm³/mol. The summed E-state index contributed by atoms with van der Waals surface area (Å²) in [4.78, 5) is 11.8. The van der Waals surface area contributed by atoms with Crippen LogP contribution >= 0.6 is 0 Å². The van der Waals surface area contributed by atoms with Gasteiger partial charge in [-0.25, -0.2) is 4.39 Å². The van der Waals surface area contributed by atoms with Gasteiger partial charge in [-0.2, -0.15) is 0 Å². The number of rotatable bonds is 1. The first-order valence-corrected chi connectivity index (χ1v) is 5.64. The molecular weight excluding hydrogens is 215 g/mol. The highest BCUT2D eigenvalue weighted by Gasteiger charge is 2.32. The van der Waals surface area contributed by atoms with Gasteiger partial charge in [-0.1, -0.05) is 42.5 Å². The largest absolute Gasteiger partial charge is 0.294 e. The van der Waals surface area contributed by atoms with Gasteiger partial charge in [0.15, 0.2) is 5.78 Å². The quantitative estimate of drug-likeness (QED) is 0.726. The van der Waals surface area contributed by atoms with Crippen molar-refractivity contribution in [3.8, 4) is 0 Å². The van der Waals surface area contributed by atoms with Gasteiger partial charge in [0.25, 0.3) is 0 Å². The maximum Gasteiger partial charge on any atom is 0.167 e. The average molecular weight is 226 g/mol. The molecule has 0 N–H and O–H groups in total. The van der Waals surface area contributed by atoms with Crippen molar-refractivity contribution in [1.82, 2.24) is 0 Å². The number of halogens is 1. The van der Waals surface area contributed by atoms with Gasteiger partial charge in [-0.3, -0.25) is 4.79 Å². The van der Waals surface area contributed by atoms with Crippen LogP contribution in [-0.4, -0.2) is 5.78 Å². The molecule has 1 nitrogen and oxygen atoms in total. The highest BCUT2D eigenvalue weighted by atomic mass is 19.1. The fraction of sp³-hybridized carbons (Fsp3) is 0.133. The molecule has 2 heteroatoms. The molecule has 1 atom stereocenters. The minimum Gasteiger partial charge on any atom is -0.294 e. The Kier molecular flexibility index (Phi) is 2.29. The lowest BCUT2D eigenvalue weighted by atomic mass is 9.93. The van der Waals surface area contributed by atoms with E-state index in [1.165, 1.54) is 6.07 Å². The highest BCUT2D eigenvalue weighted by Crippen LogP contribution is 2.38. The molecule has 0 heterocycles. The molecule has 0 bridgehead atoms. The van der Waals surface area contributed by atoms with E-state index in [1.54, 1.807) is 6.07 Å². The van der Waals surface area contributed by atoms with Crippen molar-refractivity contribution in [3.05, 3.63) is 71.0 Å². The Morgan fingerprint density at radius 1 is 1.00 bits per heavy atom. The van der Waals surface area contributed by atoms with Crippen LogP contribution in [0.15, 0.2) is 48.5 Å². The Bertz CT molecular complexity index is 575. The fourth-order valence-corrected chi connectivity index (χ4v) is 2.51. The van der Waals surface area contributed by atoms with Gasteiger partial charge in [0.1, 0.15) is 5.82 Å². The average Bonchev–Trinajstić information content (AvgIpc) is 2.69. The standard InChI is InChI=1S/C15H11FO/c16-13-8-4-7-11-12(9-14(17)15(11)13)10-5-2-1-3-6-10/h1-8,12H,9H2/t12-/m0/s1. The summed E-state index contributed by atoms with van der Waals surface area (Å²) >= 11 is 0. The van der Waals surface area contributed by atoms with Crippen LogP contribution in [-0.2, 0) is 0 Å². The zero-order valence-corrected chi connectivity index (χ0v) is 9.19. The lowest BCUT2D eigenvalue weighted by Crippen LogP contribution is -1.96. The zero-order chi connectivity index (χ0) is 11.8. The van der Waals surface area contributed by atoms with E-state index in [1.807, 2.05) is 36.4 Å². The van der Waals surface area contributed by atoms with Gasteiger partial charge < -0.3 is 0 Å². The van der Waals surface area contributed by atoms with Crippen LogP contribution in [0.2, 0.25) is 0 Å². The Morgan fingerprint density at radius 2 is 1.76 bits per heavy atom. The molecule has 1 aliphatic rings. The van der Waals surface area contributed by atoms with E-state index in [0.29, 0.717) is 6.42 Å². The molecule has 0 saturated carbocycles. The van der Waals surface area contributed by atoms with Gasteiger partial charge in [-0.15, -0.1) is 0 Å². The minimum atomic E-state index is -0.397. The summed E-state index contributed by atoms with van der Waals surface area (Å²) in [5.41, 5.74) is 2.17. The van der Waals surface area contributed by atoms with Crippen molar-refractivity contribution < 1.29 is 9.18 Å². The third-order valence-electron chi connectivity index (χ3n) is 3.29. The second-order valence-electron chi connectivity index (χ2n) is 4.29. The van der Waals surface area contributed by atoms with Crippen molar-refractivity contribution in [1.29, 1.82) is 0 Å². The molecule has 2 aromatic rings. The highest BCUT2D eigenvalue weighted by molar-refractivity contribution is 6.02. The fourth-order valence-electron chi connectivity index (χ4n) is 2.51. The predicted octanol–water partition coefficient (Wildman–Crippen LogP) is 3.54. The van der Waals surface area contributed by atoms with Crippen molar-refractivity contribution in [3.63, 3.8) is 0 Å². The molecule has 2 aromatic carbocycles. The van der Waals surface area contributed by atoms with Crippen molar-refractivity contribution in [2.24, 2.45) is 0 Å². The van der Waals surface area contributed by atoms with Crippen LogP contribution in [0.1, 0.15) is 33.8 Å². The first kappa shape index (κ1) is 10.2. The first-order chi connectivity index (χ1) is 8.27. The number of ketones is 1. The number of benzene rings is 2. The maximum atomic E-state index is 13.6. The molecule has 0 amide bonds. The Balaban J connectivity index is 2.14. The first-order valence-electron chi connectivity index (χ1n) is 5.64. The van der Waals surface area contributed by atoms with Crippen molar-refractivity contribution >= 4 is 5.78 Å². The van der Waals surface area contributed by atoms with Crippen LogP contribution in [0.4, 0.5) is 4.39 Å². The lowest BCUT2D eigenvalue weighted by molar-refractivity contribution is 0.0988. The van der Waals surface area contributed by atoms with E-state index in [2.05, 4.69) is 0 Å². The van der Waals surface area contributed by atoms with E-state index in [4.69, 9.17) is 0 Å². The summed E-state index contributed by atoms with van der Waals surface area (Å²) < 4.78 is 13.6. The van der Waals surface area contributed by atoms with Crippen LogP contribution in [0.25, 0.3) is 0 Å². The molecule has 0 aliphatic heterocycles. The second kappa shape index (κ2) is 3.81. The number of fused-ring (bicyclic) bond motifs is 1. The van der Waals surface area contributed by atoms with E-state index in [9.17, 15) is 9.18 Å². The molecular formula is C15H11FO. The molecule has 0 aromatic heterocycles. The Morgan fingerprint density at radius 3 is 2.53 bits per heavy atom. The molecule has 0 radical (unpaired) electrons. The monoisotopic (exact) mass is 226 g/mol. The molecule has 1 aliphatic carbocycles. The molecule has 0 spiro atoms. The van der Waals surface area contributed by atoms with E-state index in [0.717, 1.165) is 11.1 Å². The second-order valence-corrected chi connectivity index (χ2v) is 4.29. The van der Waals surface area contributed by atoms with Gasteiger partial charge in [0.2, 0.25) is 0 Å². The third kappa shape index (κ3) is 1.57. The zero-order valence-electron chi connectivity index (χ0n) is 9.19. The SMILES string of the molecule is O=C1C[C@@H](c2ccccc2)c2cccc(F)c21. The molecule has 0 saturated heterocycles. The number of hydrogen-bond donors (Lipinski definition) is 0. The van der Waals surface area contributed by atoms with Crippen LogP contribution < -0.4 is 0 Å². The number of carbonyl (C=O) groups is 1. The summed E-state index contributed by atoms with van der Waals surface area (Å²) in [6.07, 6.45) is 0.375. The number of Topliss-reactive ketones (excluding diaryl/α,β-unsaturated/α-hetero) is 1. The Labute approximate surface area is 98.9 Å². The summed E-state index contributed by atoms with van der Waals surface area (Å²) in [6.45, 7) is 0. The van der Waals surface area contributed by atoms with Gasteiger partial charge in [0, 0.05) is 12.3 Å². The third-order valence-corrected chi connectivity index (χ3v) is 3.29. The minimum absolute atomic E-state index is 0.00870. The van der Waals surface area contributed by atoms with Crippen molar-refractivity contribution in [2.75, 3.05) is 0 Å². The number of hydrogen-bond acceptors (Lipinski definition) is 1. The van der Waals surface area contributed by atoms with Crippen LogP contribution in [0.3, 0.4) is 0 Å². The summed E-state index contributed by atoms with van der Waals surface area (Å²) in [6, 6.07) is 14.7. The van der Waals surface area contributed by atoms with E-state index in [-0.39, 0.29) is 17.3 Å². The normalized spacial score (nSPS) is 18.2.